The van der Waals surface area contributed by atoms with Crippen LogP contribution in [0.15, 0.2) is 36.5 Å². The van der Waals surface area contributed by atoms with Crippen LogP contribution >= 0.6 is 0 Å². The van der Waals surface area contributed by atoms with E-state index >= 15 is 13.2 Å². The molecule has 1 aliphatic carbocycles. The van der Waals surface area contributed by atoms with Crippen molar-refractivity contribution in [3.8, 4) is 5.75 Å². The van der Waals surface area contributed by atoms with Crippen molar-refractivity contribution in [3.05, 3.63) is 59.0 Å². The Labute approximate surface area is 415 Å². The summed E-state index contributed by atoms with van der Waals surface area (Å²) in [5.74, 6) is -8.42. The number of carbonyl (C=O) groups is 6. The molecule has 4 N–H and O–H groups in total. The summed E-state index contributed by atoms with van der Waals surface area (Å²) in [6.07, 6.45) is 6.29. The number of fused-ring (bicyclic) bond motifs is 2. The van der Waals surface area contributed by atoms with Gasteiger partial charge in [-0.25, -0.2) is 9.37 Å². The van der Waals surface area contributed by atoms with Gasteiger partial charge in [0.25, 0.3) is 23.6 Å². The van der Waals surface area contributed by atoms with Gasteiger partial charge in [-0.1, -0.05) is 18.9 Å². The van der Waals surface area contributed by atoms with Crippen LogP contribution in [-0.4, -0.2) is 151 Å². The van der Waals surface area contributed by atoms with Gasteiger partial charge in [0.05, 0.1) is 66.6 Å². The van der Waals surface area contributed by atoms with Crippen LogP contribution in [-0.2, 0) is 23.9 Å². The van der Waals surface area contributed by atoms with E-state index in [9.17, 15) is 28.8 Å². The fraction of sp³-hybridized carbons (Fsp3) is 0.560. The number of imide groups is 2. The standard InChI is InChI=1S/C50H63F3N10O9/c1-48(2,17-19-54-34-13-9-12-31-40(34)45(68)63(44(31)67)36-14-15-39(64)58-43(36)66)71-22-18-49(3,4)72-23-21-61-20-16-29(27-61)56-42(65)32-24-38(70-6)35(25-33(32)51)57-47-55-26-37-41(59-47)62(30-10-7-8-11-30)28-50(52,53)46(69)60(37)5/h9,12-13,24-26,29-30,36,54H,7-8,10-11,14-23,27-28H2,1-6H3,(H,56,65)(H,55,57,59)(H,58,64,66). The zero-order chi connectivity index (χ0) is 51.7. The summed E-state index contributed by atoms with van der Waals surface area (Å²) in [6.45, 7) is 10.2. The number of likely N-dealkylation sites (tertiary alicyclic amines) is 1. The number of benzene rings is 2. The molecule has 2 unspecified atom stereocenters. The lowest BCUT2D eigenvalue weighted by molar-refractivity contribution is -0.140. The van der Waals surface area contributed by atoms with E-state index in [0.29, 0.717) is 77.2 Å². The largest absolute Gasteiger partial charge is 0.495 e. The molecule has 388 valence electrons. The molecular formula is C50H63F3N10O9. The average molecular weight is 1010 g/mol. The number of rotatable bonds is 19. The van der Waals surface area contributed by atoms with E-state index in [-0.39, 0.29) is 70.5 Å². The highest BCUT2D eigenvalue weighted by Crippen LogP contribution is 2.41. The van der Waals surface area contributed by atoms with Gasteiger partial charge in [-0.3, -0.25) is 43.9 Å². The number of carbonyl (C=O) groups excluding carboxylic acids is 6. The first kappa shape index (κ1) is 51.9. The molecule has 19 nitrogen and oxygen atoms in total. The van der Waals surface area contributed by atoms with E-state index in [1.807, 2.05) is 27.7 Å². The van der Waals surface area contributed by atoms with Crippen LogP contribution in [0.5, 0.6) is 5.75 Å². The van der Waals surface area contributed by atoms with Gasteiger partial charge < -0.3 is 40.0 Å². The second-order valence-corrected chi connectivity index (χ2v) is 20.3. The first-order valence-corrected chi connectivity index (χ1v) is 24.5. The van der Waals surface area contributed by atoms with Crippen molar-refractivity contribution in [1.82, 2.24) is 30.4 Å². The van der Waals surface area contributed by atoms with E-state index in [1.165, 1.54) is 31.3 Å². The van der Waals surface area contributed by atoms with E-state index in [0.717, 1.165) is 28.7 Å². The van der Waals surface area contributed by atoms with Crippen LogP contribution in [0.3, 0.4) is 0 Å². The first-order chi connectivity index (χ1) is 34.1. The second-order valence-electron chi connectivity index (χ2n) is 20.3. The van der Waals surface area contributed by atoms with Crippen molar-refractivity contribution < 1.29 is 56.1 Å². The Balaban J connectivity index is 0.774. The third kappa shape index (κ3) is 11.3. The monoisotopic (exact) mass is 1000 g/mol. The van der Waals surface area contributed by atoms with Crippen LogP contribution in [0.25, 0.3) is 0 Å². The summed E-state index contributed by atoms with van der Waals surface area (Å²) in [4.78, 5) is 91.3. The van der Waals surface area contributed by atoms with Crippen LogP contribution in [0.2, 0.25) is 0 Å². The maximum atomic E-state index is 15.7. The molecule has 5 aliphatic rings. The maximum absolute atomic E-state index is 15.7. The van der Waals surface area contributed by atoms with Gasteiger partial charge in [0.2, 0.25) is 17.8 Å². The lowest BCUT2D eigenvalue weighted by atomic mass is 10.0. The maximum Gasteiger partial charge on any atom is 0.342 e. The van der Waals surface area contributed by atoms with Crippen LogP contribution in [0.1, 0.15) is 117 Å². The molecule has 0 radical (unpaired) electrons. The van der Waals surface area contributed by atoms with Gasteiger partial charge in [0, 0.05) is 63.5 Å². The smallest absolute Gasteiger partial charge is 0.342 e. The number of nitrogens with zero attached hydrogens (tertiary/aromatic N) is 6. The topological polar surface area (TPSA) is 217 Å². The number of halogens is 3. The van der Waals surface area contributed by atoms with E-state index < -0.39 is 71.0 Å². The van der Waals surface area contributed by atoms with Crippen molar-refractivity contribution in [1.29, 1.82) is 0 Å². The number of hydrogen-bond donors (Lipinski definition) is 4. The highest BCUT2D eigenvalue weighted by atomic mass is 19.3. The summed E-state index contributed by atoms with van der Waals surface area (Å²) in [5, 5.41) is 11.3. The van der Waals surface area contributed by atoms with Crippen molar-refractivity contribution in [2.75, 3.05) is 80.5 Å². The van der Waals surface area contributed by atoms with Gasteiger partial charge in [-0.05, 0) is 84.4 Å². The Morgan fingerprint density at radius 2 is 1.68 bits per heavy atom. The van der Waals surface area contributed by atoms with Crippen LogP contribution < -0.4 is 35.8 Å². The zero-order valence-electron chi connectivity index (χ0n) is 41.5. The quantitative estimate of drug-likeness (QED) is 0.110. The molecule has 2 aromatic carbocycles. The molecule has 0 spiro atoms. The van der Waals surface area contributed by atoms with Gasteiger partial charge >= 0.3 is 5.92 Å². The lowest BCUT2D eigenvalue weighted by Gasteiger charge is -2.31. The number of alkyl halides is 2. The number of aromatic nitrogens is 2. The molecule has 5 heterocycles. The molecule has 6 amide bonds. The SMILES string of the molecule is COc1cc(C(=O)NC2CCN(CCOC(C)(C)CCOC(C)(C)CCNc3cccc4c3C(=O)N(C3CCC(=O)NC3=O)C4=O)C2)c(F)cc1Nc1ncc2c(n1)N(C1CCCC1)CC(F)(F)C(=O)N2C. The highest BCUT2D eigenvalue weighted by molar-refractivity contribution is 6.25. The summed E-state index contributed by atoms with van der Waals surface area (Å²) >= 11 is 0. The van der Waals surface area contributed by atoms with E-state index in [1.54, 1.807) is 18.2 Å². The first-order valence-electron chi connectivity index (χ1n) is 24.5. The molecular weight excluding hydrogens is 942 g/mol. The van der Waals surface area contributed by atoms with Gasteiger partial charge in [-0.2, -0.15) is 13.8 Å². The van der Waals surface area contributed by atoms with E-state index in [2.05, 4.69) is 36.1 Å². The summed E-state index contributed by atoms with van der Waals surface area (Å²) in [6, 6.07) is 5.79. The van der Waals surface area contributed by atoms with Crippen molar-refractivity contribution in [2.45, 2.75) is 121 Å². The Bertz CT molecular complexity index is 2610. The minimum absolute atomic E-state index is 0.0346. The third-order valence-corrected chi connectivity index (χ3v) is 14.1. The fourth-order valence-electron chi connectivity index (χ4n) is 9.96. The number of methoxy groups -OCH3 is 1. The molecule has 2 atom stereocenters. The van der Waals surface area contributed by atoms with Crippen LogP contribution in [0.4, 0.5) is 42.0 Å². The average Bonchev–Trinajstić information content (AvgIpc) is 4.07. The van der Waals surface area contributed by atoms with Crippen LogP contribution in [0, 0.1) is 5.82 Å². The molecule has 8 rings (SSSR count). The normalized spacial score (nSPS) is 20.7. The molecule has 1 saturated carbocycles. The van der Waals surface area contributed by atoms with Gasteiger partial charge in [0.1, 0.15) is 23.3 Å². The zero-order valence-corrected chi connectivity index (χ0v) is 41.5. The predicted molar refractivity (Wildman–Crippen MR) is 259 cm³/mol. The fourth-order valence-corrected chi connectivity index (χ4v) is 9.96. The number of hydrogen-bond acceptors (Lipinski definition) is 15. The highest BCUT2D eigenvalue weighted by Gasteiger charge is 2.49. The Morgan fingerprint density at radius 3 is 2.42 bits per heavy atom. The molecule has 4 aliphatic heterocycles. The minimum Gasteiger partial charge on any atom is -0.495 e. The lowest BCUT2D eigenvalue weighted by Crippen LogP contribution is -2.54. The van der Waals surface area contributed by atoms with Gasteiger partial charge in [-0.15, -0.1) is 0 Å². The summed E-state index contributed by atoms with van der Waals surface area (Å²) < 4.78 is 64.0. The predicted octanol–water partition coefficient (Wildman–Crippen LogP) is 5.42. The molecule has 0 bridgehead atoms. The minimum atomic E-state index is -3.64. The Morgan fingerprint density at radius 1 is 0.944 bits per heavy atom. The number of anilines is 5. The second kappa shape index (κ2) is 21.0. The Hall–Kier alpha value is -6.39. The Kier molecular flexibility index (Phi) is 15.1. The number of ether oxygens (including phenoxy) is 3. The molecule has 3 fully saturated rings. The number of amides is 6. The van der Waals surface area contributed by atoms with Crippen molar-refractivity contribution in [3.63, 3.8) is 0 Å². The number of nitrogens with one attached hydrogen (secondary N) is 4. The van der Waals surface area contributed by atoms with Crippen molar-refractivity contribution >= 4 is 64.3 Å². The third-order valence-electron chi connectivity index (χ3n) is 14.1. The van der Waals surface area contributed by atoms with Gasteiger partial charge in [0.15, 0.2) is 5.82 Å². The molecule has 2 saturated heterocycles. The summed E-state index contributed by atoms with van der Waals surface area (Å²) in [7, 11) is 2.63. The van der Waals surface area contributed by atoms with E-state index in [4.69, 9.17) is 14.2 Å². The molecule has 22 heteroatoms. The molecule has 72 heavy (non-hydrogen) atoms. The summed E-state index contributed by atoms with van der Waals surface area (Å²) in [5.41, 5.74) is -0.174. The molecule has 3 aromatic rings. The molecule has 1 aromatic heterocycles. The number of piperidine rings is 1. The van der Waals surface area contributed by atoms with Crippen molar-refractivity contribution in [2.24, 2.45) is 0 Å².